The first-order valence-corrected chi connectivity index (χ1v) is 8.98. The van der Waals surface area contributed by atoms with E-state index in [-0.39, 0.29) is 5.91 Å². The van der Waals surface area contributed by atoms with Crippen LogP contribution in [-0.2, 0) is 0 Å². The molecule has 23 heavy (non-hydrogen) atoms. The van der Waals surface area contributed by atoms with Crippen LogP contribution >= 0.6 is 11.8 Å². The molecule has 0 spiro atoms. The van der Waals surface area contributed by atoms with Crippen molar-refractivity contribution in [1.82, 2.24) is 0 Å². The van der Waals surface area contributed by atoms with Gasteiger partial charge in [-0.15, -0.1) is 11.8 Å². The van der Waals surface area contributed by atoms with Gasteiger partial charge in [-0.05, 0) is 56.2 Å². The third kappa shape index (κ3) is 3.22. The number of nitrogens with zero attached hydrogens (tertiary/aromatic N) is 1. The molecule has 0 aromatic heterocycles. The highest BCUT2D eigenvalue weighted by atomic mass is 32.2. The number of fused-ring (bicyclic) bond motifs is 1. The van der Waals surface area contributed by atoms with Gasteiger partial charge in [-0.2, -0.15) is 0 Å². The molecule has 1 heterocycles. The smallest absolute Gasteiger partial charge is 0.255 e. The van der Waals surface area contributed by atoms with E-state index in [2.05, 4.69) is 36.2 Å². The van der Waals surface area contributed by atoms with Crippen LogP contribution in [0.1, 0.15) is 28.4 Å². The Hall–Kier alpha value is -1.94. The molecule has 0 saturated heterocycles. The van der Waals surface area contributed by atoms with Crippen LogP contribution in [-0.4, -0.2) is 24.7 Å². The van der Waals surface area contributed by atoms with Crippen LogP contribution < -0.4 is 10.2 Å². The summed E-state index contributed by atoms with van der Waals surface area (Å²) in [7, 11) is 0. The molecule has 2 aromatic carbocycles. The van der Waals surface area contributed by atoms with Crippen molar-refractivity contribution >= 4 is 29.0 Å². The Morgan fingerprint density at radius 1 is 1.26 bits per heavy atom. The van der Waals surface area contributed by atoms with Crippen molar-refractivity contribution in [3.05, 3.63) is 53.1 Å². The summed E-state index contributed by atoms with van der Waals surface area (Å²) in [6.45, 7) is 8.25. The van der Waals surface area contributed by atoms with E-state index in [1.807, 2.05) is 43.0 Å². The van der Waals surface area contributed by atoms with Gasteiger partial charge in [0.2, 0.25) is 0 Å². The van der Waals surface area contributed by atoms with Gasteiger partial charge in [0.05, 0.1) is 5.69 Å². The molecule has 0 unspecified atom stereocenters. The molecule has 2 aromatic rings. The zero-order chi connectivity index (χ0) is 16.4. The number of rotatable bonds is 3. The number of carbonyl (C=O) groups is 1. The Balaban J connectivity index is 1.87. The van der Waals surface area contributed by atoms with Gasteiger partial charge in [-0.1, -0.05) is 12.1 Å². The Kier molecular flexibility index (Phi) is 4.62. The minimum atomic E-state index is -0.0480. The van der Waals surface area contributed by atoms with Gasteiger partial charge in [0.15, 0.2) is 0 Å². The second kappa shape index (κ2) is 6.67. The summed E-state index contributed by atoms with van der Waals surface area (Å²) < 4.78 is 0. The minimum absolute atomic E-state index is 0.0480. The van der Waals surface area contributed by atoms with E-state index in [4.69, 9.17) is 0 Å². The number of carbonyl (C=O) groups excluding carboxylic acids is 1. The first-order valence-electron chi connectivity index (χ1n) is 7.99. The standard InChI is InChI=1S/C19H22N2OS/c1-4-21-10-11-23-18-9-8-15(12-17(18)21)19(22)20-16-7-5-6-13(2)14(16)3/h5-9,12H,4,10-11H2,1-3H3,(H,20,22). The number of hydrogen-bond acceptors (Lipinski definition) is 3. The highest BCUT2D eigenvalue weighted by molar-refractivity contribution is 7.99. The molecule has 1 amide bonds. The van der Waals surface area contributed by atoms with Crippen molar-refractivity contribution in [3.63, 3.8) is 0 Å². The molecule has 0 saturated carbocycles. The van der Waals surface area contributed by atoms with Crippen molar-refractivity contribution in [2.45, 2.75) is 25.7 Å². The van der Waals surface area contributed by atoms with Gasteiger partial charge in [0.25, 0.3) is 5.91 Å². The van der Waals surface area contributed by atoms with E-state index in [1.165, 1.54) is 16.1 Å². The van der Waals surface area contributed by atoms with Crippen LogP contribution in [0.4, 0.5) is 11.4 Å². The first kappa shape index (κ1) is 15.9. The number of benzene rings is 2. The van der Waals surface area contributed by atoms with Crippen LogP contribution in [0.15, 0.2) is 41.3 Å². The molecule has 3 nitrogen and oxygen atoms in total. The van der Waals surface area contributed by atoms with Crippen molar-refractivity contribution in [1.29, 1.82) is 0 Å². The summed E-state index contributed by atoms with van der Waals surface area (Å²) in [5, 5.41) is 3.04. The van der Waals surface area contributed by atoms with E-state index in [0.29, 0.717) is 5.56 Å². The normalized spacial score (nSPS) is 13.6. The molecule has 4 heteroatoms. The third-order valence-electron chi connectivity index (χ3n) is 4.42. The highest BCUT2D eigenvalue weighted by Crippen LogP contribution is 2.35. The van der Waals surface area contributed by atoms with Crippen LogP contribution in [0, 0.1) is 13.8 Å². The predicted molar refractivity (Wildman–Crippen MR) is 98.9 cm³/mol. The lowest BCUT2D eigenvalue weighted by molar-refractivity contribution is 0.102. The van der Waals surface area contributed by atoms with Gasteiger partial charge in [-0.3, -0.25) is 4.79 Å². The Bertz CT molecular complexity index is 742. The lowest BCUT2D eigenvalue weighted by atomic mass is 10.1. The zero-order valence-corrected chi connectivity index (χ0v) is 14.7. The molecular weight excluding hydrogens is 304 g/mol. The average molecular weight is 326 g/mol. The van der Waals surface area contributed by atoms with Crippen LogP contribution in [0.3, 0.4) is 0 Å². The van der Waals surface area contributed by atoms with Crippen molar-refractivity contribution in [2.24, 2.45) is 0 Å². The Morgan fingerprint density at radius 3 is 2.87 bits per heavy atom. The molecule has 1 aliphatic rings. The summed E-state index contributed by atoms with van der Waals surface area (Å²) in [5.74, 6) is 1.06. The van der Waals surface area contributed by atoms with Gasteiger partial charge in [0.1, 0.15) is 0 Å². The maximum atomic E-state index is 12.6. The van der Waals surface area contributed by atoms with Gasteiger partial charge < -0.3 is 10.2 Å². The number of amides is 1. The SMILES string of the molecule is CCN1CCSc2ccc(C(=O)Nc3cccc(C)c3C)cc21. The quantitative estimate of drug-likeness (QED) is 0.902. The van der Waals surface area contributed by atoms with Crippen LogP contribution in [0.2, 0.25) is 0 Å². The van der Waals surface area contributed by atoms with E-state index >= 15 is 0 Å². The summed E-state index contributed by atoms with van der Waals surface area (Å²) in [4.78, 5) is 16.2. The second-order valence-corrected chi connectivity index (χ2v) is 6.95. The first-order chi connectivity index (χ1) is 11.1. The Morgan fingerprint density at radius 2 is 2.09 bits per heavy atom. The van der Waals surface area contributed by atoms with Crippen LogP contribution in [0.5, 0.6) is 0 Å². The predicted octanol–water partition coefficient (Wildman–Crippen LogP) is 4.49. The van der Waals surface area contributed by atoms with E-state index in [1.54, 1.807) is 0 Å². The summed E-state index contributed by atoms with van der Waals surface area (Å²) in [5.41, 5.74) is 5.07. The average Bonchev–Trinajstić information content (AvgIpc) is 2.57. The monoisotopic (exact) mass is 326 g/mol. The fourth-order valence-corrected chi connectivity index (χ4v) is 3.86. The number of anilines is 2. The van der Waals surface area contributed by atoms with Crippen molar-refractivity contribution < 1.29 is 4.79 Å². The van der Waals surface area contributed by atoms with Crippen molar-refractivity contribution in [3.8, 4) is 0 Å². The summed E-state index contributed by atoms with van der Waals surface area (Å²) >= 11 is 1.86. The molecular formula is C19H22N2OS. The number of aryl methyl sites for hydroxylation is 1. The number of hydrogen-bond donors (Lipinski definition) is 1. The lowest BCUT2D eigenvalue weighted by Gasteiger charge is -2.30. The van der Waals surface area contributed by atoms with E-state index in [9.17, 15) is 4.79 Å². The highest BCUT2D eigenvalue weighted by Gasteiger charge is 2.18. The van der Waals surface area contributed by atoms with E-state index in [0.717, 1.165) is 30.1 Å². The Labute approximate surface area is 142 Å². The van der Waals surface area contributed by atoms with E-state index < -0.39 is 0 Å². The fraction of sp³-hybridized carbons (Fsp3) is 0.316. The van der Waals surface area contributed by atoms with Gasteiger partial charge >= 0.3 is 0 Å². The second-order valence-electron chi connectivity index (χ2n) is 5.81. The largest absolute Gasteiger partial charge is 0.370 e. The lowest BCUT2D eigenvalue weighted by Crippen LogP contribution is -2.29. The topological polar surface area (TPSA) is 32.3 Å². The van der Waals surface area contributed by atoms with Crippen molar-refractivity contribution in [2.75, 3.05) is 29.1 Å². The molecule has 0 bridgehead atoms. The maximum Gasteiger partial charge on any atom is 0.255 e. The molecule has 0 aliphatic carbocycles. The molecule has 1 N–H and O–H groups in total. The molecule has 0 atom stereocenters. The summed E-state index contributed by atoms with van der Waals surface area (Å²) in [6.07, 6.45) is 0. The molecule has 1 aliphatic heterocycles. The number of thioether (sulfide) groups is 1. The summed E-state index contributed by atoms with van der Waals surface area (Å²) in [6, 6.07) is 12.0. The third-order valence-corrected chi connectivity index (χ3v) is 5.46. The zero-order valence-electron chi connectivity index (χ0n) is 13.8. The maximum absolute atomic E-state index is 12.6. The van der Waals surface area contributed by atoms with Gasteiger partial charge in [-0.25, -0.2) is 0 Å². The number of nitrogens with one attached hydrogen (secondary N) is 1. The minimum Gasteiger partial charge on any atom is -0.370 e. The molecule has 3 rings (SSSR count). The molecule has 0 fully saturated rings. The van der Waals surface area contributed by atoms with Gasteiger partial charge in [0, 0.05) is 35.0 Å². The van der Waals surface area contributed by atoms with Crippen LogP contribution in [0.25, 0.3) is 0 Å². The fourth-order valence-electron chi connectivity index (χ4n) is 2.82. The molecule has 0 radical (unpaired) electrons. The molecule has 120 valence electrons.